The number of rotatable bonds is 2. The van der Waals surface area contributed by atoms with Crippen molar-refractivity contribution in [1.29, 1.82) is 0 Å². The number of aromatic nitrogens is 4. The van der Waals surface area contributed by atoms with E-state index in [-0.39, 0.29) is 17.0 Å². The molecule has 0 radical (unpaired) electrons. The normalized spacial score (nSPS) is 11.3. The lowest BCUT2D eigenvalue weighted by molar-refractivity contribution is 0.102. The molecule has 2 N–H and O–H groups in total. The molecule has 0 aliphatic heterocycles. The standard InChI is InChI=1S/C12H15N5O/c1-12(2,3)9-6-10(17-16-9)15-11(18)8-7-13-4-5-14-8/h4-7H,1-3H3,(H2,15,16,17,18). The Bertz CT molecular complexity index is 541. The van der Waals surface area contributed by atoms with E-state index in [4.69, 9.17) is 0 Å². The minimum Gasteiger partial charge on any atom is -0.304 e. The Labute approximate surface area is 105 Å². The second kappa shape index (κ2) is 4.56. The van der Waals surface area contributed by atoms with Crippen LogP contribution in [0.25, 0.3) is 0 Å². The molecular formula is C12H15N5O. The number of anilines is 1. The quantitative estimate of drug-likeness (QED) is 0.844. The smallest absolute Gasteiger partial charge is 0.277 e. The zero-order valence-electron chi connectivity index (χ0n) is 10.6. The molecular weight excluding hydrogens is 230 g/mol. The van der Waals surface area contributed by atoms with Crippen LogP contribution in [-0.2, 0) is 5.41 Å². The number of amides is 1. The largest absolute Gasteiger partial charge is 0.304 e. The van der Waals surface area contributed by atoms with Gasteiger partial charge in [-0.1, -0.05) is 20.8 Å². The second-order valence-corrected chi connectivity index (χ2v) is 4.96. The van der Waals surface area contributed by atoms with Crippen molar-refractivity contribution in [3.8, 4) is 0 Å². The van der Waals surface area contributed by atoms with E-state index >= 15 is 0 Å². The molecule has 0 unspecified atom stereocenters. The Morgan fingerprint density at radius 3 is 2.67 bits per heavy atom. The molecule has 0 saturated carbocycles. The Morgan fingerprint density at radius 1 is 1.33 bits per heavy atom. The van der Waals surface area contributed by atoms with Crippen molar-refractivity contribution in [3.05, 3.63) is 36.0 Å². The first-order valence-electron chi connectivity index (χ1n) is 5.60. The number of aromatic amines is 1. The van der Waals surface area contributed by atoms with Crippen molar-refractivity contribution in [3.63, 3.8) is 0 Å². The first-order chi connectivity index (χ1) is 8.47. The van der Waals surface area contributed by atoms with Crippen molar-refractivity contribution in [1.82, 2.24) is 20.2 Å². The summed E-state index contributed by atoms with van der Waals surface area (Å²) in [4.78, 5) is 19.6. The highest BCUT2D eigenvalue weighted by Gasteiger charge is 2.17. The fourth-order valence-electron chi connectivity index (χ4n) is 1.37. The molecule has 0 saturated heterocycles. The van der Waals surface area contributed by atoms with Gasteiger partial charge < -0.3 is 5.32 Å². The van der Waals surface area contributed by atoms with Crippen LogP contribution in [0.5, 0.6) is 0 Å². The van der Waals surface area contributed by atoms with Gasteiger partial charge in [-0.25, -0.2) is 4.98 Å². The van der Waals surface area contributed by atoms with Crippen molar-refractivity contribution >= 4 is 11.7 Å². The van der Waals surface area contributed by atoms with Gasteiger partial charge in [0.25, 0.3) is 5.91 Å². The van der Waals surface area contributed by atoms with Gasteiger partial charge in [0, 0.05) is 29.6 Å². The summed E-state index contributed by atoms with van der Waals surface area (Å²) in [6, 6.07) is 1.81. The zero-order valence-corrected chi connectivity index (χ0v) is 10.6. The van der Waals surface area contributed by atoms with Crippen molar-refractivity contribution in [2.45, 2.75) is 26.2 Å². The first-order valence-corrected chi connectivity index (χ1v) is 5.60. The molecule has 0 bridgehead atoms. The van der Waals surface area contributed by atoms with Crippen LogP contribution in [0, 0.1) is 0 Å². The predicted octanol–water partition coefficient (Wildman–Crippen LogP) is 1.75. The second-order valence-electron chi connectivity index (χ2n) is 4.96. The molecule has 2 heterocycles. The molecule has 0 atom stereocenters. The lowest BCUT2D eigenvalue weighted by atomic mass is 9.92. The number of carbonyl (C=O) groups excluding carboxylic acids is 1. The van der Waals surface area contributed by atoms with Crippen molar-refractivity contribution in [2.24, 2.45) is 0 Å². The minimum absolute atomic E-state index is 0.0392. The summed E-state index contributed by atoms with van der Waals surface area (Å²) in [5.41, 5.74) is 1.18. The van der Waals surface area contributed by atoms with Gasteiger partial charge in [0.05, 0.1) is 6.20 Å². The highest BCUT2D eigenvalue weighted by atomic mass is 16.1. The van der Waals surface area contributed by atoms with Crippen LogP contribution in [0.4, 0.5) is 5.82 Å². The summed E-state index contributed by atoms with van der Waals surface area (Å²) in [5.74, 6) is 0.158. The molecule has 18 heavy (non-hydrogen) atoms. The number of nitrogens with zero attached hydrogens (tertiary/aromatic N) is 3. The van der Waals surface area contributed by atoms with E-state index in [0.29, 0.717) is 5.82 Å². The van der Waals surface area contributed by atoms with Crippen LogP contribution in [0.15, 0.2) is 24.7 Å². The van der Waals surface area contributed by atoms with Crippen molar-refractivity contribution in [2.75, 3.05) is 5.32 Å². The molecule has 2 aromatic heterocycles. The topological polar surface area (TPSA) is 83.6 Å². The van der Waals surface area contributed by atoms with Crippen LogP contribution in [0.2, 0.25) is 0 Å². The zero-order chi connectivity index (χ0) is 13.2. The average Bonchev–Trinajstić information content (AvgIpc) is 2.78. The molecule has 0 aliphatic carbocycles. The summed E-state index contributed by atoms with van der Waals surface area (Å²) in [7, 11) is 0. The number of carbonyl (C=O) groups is 1. The number of H-pyrrole nitrogens is 1. The van der Waals surface area contributed by atoms with E-state index in [1.165, 1.54) is 18.6 Å². The molecule has 0 aliphatic rings. The third-order valence-electron chi connectivity index (χ3n) is 2.42. The maximum absolute atomic E-state index is 11.8. The van der Waals surface area contributed by atoms with E-state index in [1.54, 1.807) is 0 Å². The average molecular weight is 245 g/mol. The molecule has 2 rings (SSSR count). The minimum atomic E-state index is -0.324. The SMILES string of the molecule is CC(C)(C)c1cc(NC(=O)c2cnccn2)n[nH]1. The Balaban J connectivity index is 2.11. The summed E-state index contributed by atoms with van der Waals surface area (Å²) >= 11 is 0. The monoisotopic (exact) mass is 245 g/mol. The first kappa shape index (κ1) is 12.2. The summed E-state index contributed by atoms with van der Waals surface area (Å²) < 4.78 is 0. The maximum atomic E-state index is 11.8. The Kier molecular flexibility index (Phi) is 3.10. The van der Waals surface area contributed by atoms with Gasteiger partial charge in [-0.2, -0.15) is 5.10 Å². The number of nitrogens with one attached hydrogen (secondary N) is 2. The maximum Gasteiger partial charge on any atom is 0.277 e. The molecule has 0 fully saturated rings. The molecule has 94 valence electrons. The molecule has 6 heteroatoms. The van der Waals surface area contributed by atoms with Gasteiger partial charge in [0.2, 0.25) is 0 Å². The lowest BCUT2D eigenvalue weighted by Gasteiger charge is -2.14. The highest BCUT2D eigenvalue weighted by Crippen LogP contribution is 2.21. The van der Waals surface area contributed by atoms with E-state index in [0.717, 1.165) is 5.69 Å². The number of hydrogen-bond acceptors (Lipinski definition) is 4. The fraction of sp³-hybridized carbons (Fsp3) is 0.333. The van der Waals surface area contributed by atoms with E-state index in [1.807, 2.05) is 6.07 Å². The van der Waals surface area contributed by atoms with Gasteiger partial charge in [-0.3, -0.25) is 14.9 Å². The van der Waals surface area contributed by atoms with Gasteiger partial charge in [0.15, 0.2) is 5.82 Å². The van der Waals surface area contributed by atoms with Crippen LogP contribution < -0.4 is 5.32 Å². The van der Waals surface area contributed by atoms with E-state index in [2.05, 4.69) is 46.3 Å². The molecule has 0 spiro atoms. The molecule has 6 nitrogen and oxygen atoms in total. The van der Waals surface area contributed by atoms with Gasteiger partial charge in [0.1, 0.15) is 5.69 Å². The lowest BCUT2D eigenvalue weighted by Crippen LogP contribution is -2.14. The Morgan fingerprint density at radius 2 is 2.11 bits per heavy atom. The van der Waals surface area contributed by atoms with E-state index in [9.17, 15) is 4.79 Å². The van der Waals surface area contributed by atoms with Crippen LogP contribution >= 0.6 is 0 Å². The molecule has 0 aromatic carbocycles. The third kappa shape index (κ3) is 2.71. The van der Waals surface area contributed by atoms with Crippen LogP contribution in [0.3, 0.4) is 0 Å². The van der Waals surface area contributed by atoms with Gasteiger partial charge in [-0.15, -0.1) is 0 Å². The van der Waals surface area contributed by atoms with Gasteiger partial charge >= 0.3 is 0 Å². The van der Waals surface area contributed by atoms with Crippen LogP contribution in [-0.4, -0.2) is 26.1 Å². The highest BCUT2D eigenvalue weighted by molar-refractivity contribution is 6.02. The number of hydrogen-bond donors (Lipinski definition) is 2. The summed E-state index contributed by atoms with van der Waals surface area (Å²) in [6.45, 7) is 6.19. The van der Waals surface area contributed by atoms with E-state index < -0.39 is 0 Å². The predicted molar refractivity (Wildman–Crippen MR) is 67.3 cm³/mol. The third-order valence-corrected chi connectivity index (χ3v) is 2.42. The molecule has 1 amide bonds. The fourth-order valence-corrected chi connectivity index (χ4v) is 1.37. The van der Waals surface area contributed by atoms with Crippen molar-refractivity contribution < 1.29 is 4.79 Å². The van der Waals surface area contributed by atoms with Gasteiger partial charge in [-0.05, 0) is 0 Å². The Hall–Kier alpha value is -2.24. The molecule has 2 aromatic rings. The summed E-state index contributed by atoms with van der Waals surface area (Å²) in [6.07, 6.45) is 4.40. The van der Waals surface area contributed by atoms with Crippen LogP contribution in [0.1, 0.15) is 37.0 Å². The summed E-state index contributed by atoms with van der Waals surface area (Å²) in [5, 5.41) is 9.61.